The Balaban J connectivity index is 2.56. The number of carbonyl (C=O) groups is 1. The number of carboxylic acids is 1. The molecule has 0 aliphatic rings. The maximum absolute atomic E-state index is 13.4. The summed E-state index contributed by atoms with van der Waals surface area (Å²) in [7, 11) is 1.86. The molecule has 1 N–H and O–H groups in total. The molecule has 0 atom stereocenters. The summed E-state index contributed by atoms with van der Waals surface area (Å²) in [6.07, 6.45) is 0.706. The molecule has 0 bridgehead atoms. The van der Waals surface area contributed by atoms with Gasteiger partial charge in [0.15, 0.2) is 0 Å². The second-order valence-corrected chi connectivity index (χ2v) is 4.84. The maximum Gasteiger partial charge on any atom is 0.303 e. The minimum Gasteiger partial charge on any atom is -0.481 e. The van der Waals surface area contributed by atoms with Crippen LogP contribution in [0.5, 0.6) is 0 Å². The number of aliphatic carboxylic acids is 1. The first kappa shape index (κ1) is 14.9. The van der Waals surface area contributed by atoms with E-state index in [4.69, 9.17) is 16.7 Å². The summed E-state index contributed by atoms with van der Waals surface area (Å²) in [5.41, 5.74) is 1.25. The predicted molar refractivity (Wildman–Crippen MR) is 69.4 cm³/mol. The van der Waals surface area contributed by atoms with Crippen LogP contribution in [0.1, 0.15) is 24.0 Å². The van der Waals surface area contributed by atoms with Crippen molar-refractivity contribution in [2.24, 2.45) is 0 Å². The number of rotatable bonds is 6. The first-order chi connectivity index (χ1) is 8.40. The number of hydrogen-bond acceptors (Lipinski definition) is 2. The Bertz CT molecular complexity index is 437. The Hall–Kier alpha value is -1.13. The van der Waals surface area contributed by atoms with E-state index in [-0.39, 0.29) is 12.2 Å². The molecule has 0 unspecified atom stereocenters. The quantitative estimate of drug-likeness (QED) is 0.866. The molecule has 0 fully saturated rings. The number of hydrogen-bond donors (Lipinski definition) is 1. The fourth-order valence-corrected chi connectivity index (χ4v) is 1.96. The molecule has 0 radical (unpaired) electrons. The molecule has 0 saturated carbocycles. The highest BCUT2D eigenvalue weighted by atomic mass is 35.5. The van der Waals surface area contributed by atoms with Gasteiger partial charge in [0.2, 0.25) is 0 Å². The van der Waals surface area contributed by atoms with Gasteiger partial charge in [0.25, 0.3) is 0 Å². The van der Waals surface area contributed by atoms with E-state index in [2.05, 4.69) is 0 Å². The van der Waals surface area contributed by atoms with Crippen LogP contribution in [-0.4, -0.2) is 29.6 Å². The average molecular weight is 274 g/mol. The third-order valence-corrected chi connectivity index (χ3v) is 3.05. The molecule has 18 heavy (non-hydrogen) atoms. The summed E-state index contributed by atoms with van der Waals surface area (Å²) in [5, 5.41) is 9.08. The van der Waals surface area contributed by atoms with E-state index >= 15 is 0 Å². The van der Waals surface area contributed by atoms with Crippen LogP contribution in [0.2, 0.25) is 5.02 Å². The monoisotopic (exact) mass is 273 g/mol. The van der Waals surface area contributed by atoms with Crippen molar-refractivity contribution in [3.05, 3.63) is 34.1 Å². The third kappa shape index (κ3) is 4.63. The van der Waals surface area contributed by atoms with Gasteiger partial charge in [0, 0.05) is 18.0 Å². The van der Waals surface area contributed by atoms with Crippen molar-refractivity contribution < 1.29 is 14.3 Å². The standard InChI is InChI=1S/C13H17ClFNO2/c1-9-6-11(14)10(7-12(9)15)8-16(2)5-3-4-13(17)18/h6-7H,3-5,8H2,1-2H3,(H,17,18). The van der Waals surface area contributed by atoms with Crippen molar-refractivity contribution in [1.82, 2.24) is 4.90 Å². The van der Waals surface area contributed by atoms with E-state index in [0.29, 0.717) is 30.1 Å². The molecule has 3 nitrogen and oxygen atoms in total. The summed E-state index contributed by atoms with van der Waals surface area (Å²) >= 11 is 6.04. The molecule has 0 heterocycles. The van der Waals surface area contributed by atoms with E-state index in [9.17, 15) is 9.18 Å². The van der Waals surface area contributed by atoms with Gasteiger partial charge in [0.05, 0.1) is 0 Å². The van der Waals surface area contributed by atoms with Crippen LogP contribution in [0.25, 0.3) is 0 Å². The first-order valence-corrected chi connectivity index (χ1v) is 6.13. The number of benzene rings is 1. The van der Waals surface area contributed by atoms with Gasteiger partial charge in [0.1, 0.15) is 5.82 Å². The van der Waals surface area contributed by atoms with Crippen molar-refractivity contribution in [3.63, 3.8) is 0 Å². The van der Waals surface area contributed by atoms with Crippen molar-refractivity contribution in [2.75, 3.05) is 13.6 Å². The van der Waals surface area contributed by atoms with Crippen molar-refractivity contribution >= 4 is 17.6 Å². The highest BCUT2D eigenvalue weighted by molar-refractivity contribution is 6.31. The van der Waals surface area contributed by atoms with E-state index in [0.717, 1.165) is 5.56 Å². The van der Waals surface area contributed by atoms with Gasteiger partial charge in [-0.3, -0.25) is 4.79 Å². The highest BCUT2D eigenvalue weighted by Crippen LogP contribution is 2.21. The highest BCUT2D eigenvalue weighted by Gasteiger charge is 2.08. The average Bonchev–Trinajstić information content (AvgIpc) is 2.25. The Morgan fingerprint density at radius 1 is 1.50 bits per heavy atom. The lowest BCUT2D eigenvalue weighted by molar-refractivity contribution is -0.137. The first-order valence-electron chi connectivity index (χ1n) is 5.75. The van der Waals surface area contributed by atoms with Crippen molar-refractivity contribution in [1.29, 1.82) is 0 Å². The second-order valence-electron chi connectivity index (χ2n) is 4.43. The number of aryl methyl sites for hydroxylation is 1. The van der Waals surface area contributed by atoms with Gasteiger partial charge in [-0.05, 0) is 50.2 Å². The Morgan fingerprint density at radius 3 is 2.78 bits per heavy atom. The molecule has 5 heteroatoms. The number of carboxylic acid groups (broad SMARTS) is 1. The molecule has 1 aromatic carbocycles. The van der Waals surface area contributed by atoms with Gasteiger partial charge in [-0.2, -0.15) is 0 Å². The Morgan fingerprint density at radius 2 is 2.17 bits per heavy atom. The van der Waals surface area contributed by atoms with Crippen LogP contribution in [-0.2, 0) is 11.3 Å². The largest absolute Gasteiger partial charge is 0.481 e. The summed E-state index contributed by atoms with van der Waals surface area (Å²) in [6, 6.07) is 3.04. The molecular formula is C13H17ClFNO2. The molecule has 1 rings (SSSR count). The summed E-state index contributed by atoms with van der Waals surface area (Å²) in [4.78, 5) is 12.3. The van der Waals surface area contributed by atoms with Gasteiger partial charge < -0.3 is 10.0 Å². The van der Waals surface area contributed by atoms with Crippen LogP contribution in [0, 0.1) is 12.7 Å². The van der Waals surface area contributed by atoms with E-state index < -0.39 is 5.97 Å². The summed E-state index contributed by atoms with van der Waals surface area (Å²) in [5.74, 6) is -1.07. The van der Waals surface area contributed by atoms with E-state index in [1.807, 2.05) is 11.9 Å². The normalized spacial score (nSPS) is 10.9. The van der Waals surface area contributed by atoms with Crippen molar-refractivity contribution in [2.45, 2.75) is 26.3 Å². The number of halogens is 2. The minimum absolute atomic E-state index is 0.139. The molecule has 1 aromatic rings. The zero-order chi connectivity index (χ0) is 13.7. The summed E-state index contributed by atoms with van der Waals surface area (Å²) < 4.78 is 13.4. The van der Waals surface area contributed by atoms with Crippen LogP contribution in [0.4, 0.5) is 4.39 Å². The lowest BCUT2D eigenvalue weighted by Crippen LogP contribution is -2.20. The summed E-state index contributed by atoms with van der Waals surface area (Å²) in [6.45, 7) is 2.81. The number of nitrogens with zero attached hydrogens (tertiary/aromatic N) is 1. The van der Waals surface area contributed by atoms with Crippen LogP contribution >= 0.6 is 11.6 Å². The zero-order valence-electron chi connectivity index (χ0n) is 10.5. The Labute approximate surface area is 111 Å². The molecular weight excluding hydrogens is 257 g/mol. The van der Waals surface area contributed by atoms with Crippen LogP contribution in [0.15, 0.2) is 12.1 Å². The minimum atomic E-state index is -0.803. The SMILES string of the molecule is Cc1cc(Cl)c(CN(C)CCCC(=O)O)cc1F. The molecule has 0 spiro atoms. The molecule has 0 aromatic heterocycles. The van der Waals surface area contributed by atoms with Crippen LogP contribution < -0.4 is 0 Å². The lowest BCUT2D eigenvalue weighted by atomic mass is 10.1. The van der Waals surface area contributed by atoms with Crippen LogP contribution in [0.3, 0.4) is 0 Å². The fraction of sp³-hybridized carbons (Fsp3) is 0.462. The Kier molecular flexibility index (Phi) is 5.56. The fourth-order valence-electron chi connectivity index (χ4n) is 1.68. The molecule has 0 saturated heterocycles. The van der Waals surface area contributed by atoms with E-state index in [1.54, 1.807) is 13.0 Å². The predicted octanol–water partition coefficient (Wildman–Crippen LogP) is 3.08. The van der Waals surface area contributed by atoms with Gasteiger partial charge in [-0.25, -0.2) is 4.39 Å². The lowest BCUT2D eigenvalue weighted by Gasteiger charge is -2.17. The molecule has 0 aliphatic heterocycles. The molecule has 100 valence electrons. The van der Waals surface area contributed by atoms with Gasteiger partial charge in [-0.1, -0.05) is 11.6 Å². The maximum atomic E-state index is 13.4. The molecule has 0 amide bonds. The van der Waals surface area contributed by atoms with Gasteiger partial charge >= 0.3 is 5.97 Å². The van der Waals surface area contributed by atoms with E-state index in [1.165, 1.54) is 6.07 Å². The van der Waals surface area contributed by atoms with Gasteiger partial charge in [-0.15, -0.1) is 0 Å². The topological polar surface area (TPSA) is 40.5 Å². The second kappa shape index (κ2) is 6.71. The smallest absolute Gasteiger partial charge is 0.303 e. The zero-order valence-corrected chi connectivity index (χ0v) is 11.3. The molecule has 0 aliphatic carbocycles. The third-order valence-electron chi connectivity index (χ3n) is 2.70. The van der Waals surface area contributed by atoms with Crippen molar-refractivity contribution in [3.8, 4) is 0 Å².